The highest BCUT2D eigenvalue weighted by Gasteiger charge is 2.10. The molecule has 2 aromatic rings. The highest BCUT2D eigenvalue weighted by Crippen LogP contribution is 2.15. The molecule has 2 aromatic carbocycles. The van der Waals surface area contributed by atoms with E-state index in [0.717, 1.165) is 12.1 Å². The molecule has 2 amide bonds. The van der Waals surface area contributed by atoms with Crippen LogP contribution in [0.4, 0.5) is 14.5 Å². The molecule has 0 aliphatic heterocycles. The summed E-state index contributed by atoms with van der Waals surface area (Å²) < 4.78 is 31.3. The van der Waals surface area contributed by atoms with Crippen molar-refractivity contribution in [2.45, 2.75) is 13.3 Å². The lowest BCUT2D eigenvalue weighted by atomic mass is 10.2. The monoisotopic (exact) mass is 361 g/mol. The van der Waals surface area contributed by atoms with Crippen LogP contribution in [-0.2, 0) is 4.79 Å². The van der Waals surface area contributed by atoms with Gasteiger partial charge in [-0.1, -0.05) is 0 Å². The van der Waals surface area contributed by atoms with Crippen LogP contribution in [-0.4, -0.2) is 24.6 Å². The summed E-state index contributed by atoms with van der Waals surface area (Å²) >= 11 is 0. The van der Waals surface area contributed by atoms with Gasteiger partial charge in [0.25, 0.3) is 5.91 Å². The Morgan fingerprint density at radius 2 is 1.81 bits per heavy atom. The first-order valence-electron chi connectivity index (χ1n) is 7.61. The number of rotatable bonds is 6. The Labute approximate surface area is 148 Å². The van der Waals surface area contributed by atoms with Crippen molar-refractivity contribution < 1.29 is 23.1 Å². The van der Waals surface area contributed by atoms with Crippen molar-refractivity contribution in [2.75, 3.05) is 12.4 Å². The van der Waals surface area contributed by atoms with Crippen LogP contribution in [0.25, 0.3) is 0 Å². The van der Waals surface area contributed by atoms with Crippen molar-refractivity contribution in [2.24, 2.45) is 5.10 Å². The van der Waals surface area contributed by atoms with Crippen molar-refractivity contribution in [3.8, 4) is 5.75 Å². The van der Waals surface area contributed by atoms with Gasteiger partial charge in [-0.05, 0) is 43.3 Å². The average molecular weight is 361 g/mol. The highest BCUT2D eigenvalue weighted by molar-refractivity contribution is 6.06. The van der Waals surface area contributed by atoms with Gasteiger partial charge in [0, 0.05) is 17.3 Å². The van der Waals surface area contributed by atoms with E-state index < -0.39 is 23.4 Å². The fourth-order valence-electron chi connectivity index (χ4n) is 2.01. The Balaban J connectivity index is 1.90. The Morgan fingerprint density at radius 3 is 2.42 bits per heavy atom. The van der Waals surface area contributed by atoms with Crippen LogP contribution in [0.1, 0.15) is 23.7 Å². The molecule has 2 N–H and O–H groups in total. The Kier molecular flexibility index (Phi) is 6.37. The zero-order chi connectivity index (χ0) is 19.1. The van der Waals surface area contributed by atoms with Crippen molar-refractivity contribution in [1.29, 1.82) is 0 Å². The summed E-state index contributed by atoms with van der Waals surface area (Å²) in [5.74, 6) is -1.99. The molecule has 0 saturated carbocycles. The van der Waals surface area contributed by atoms with E-state index in [1.54, 1.807) is 24.3 Å². The number of hydrogen-bond acceptors (Lipinski definition) is 4. The maximum absolute atomic E-state index is 13.5. The molecule has 6 nitrogen and oxygen atoms in total. The summed E-state index contributed by atoms with van der Waals surface area (Å²) in [7, 11) is 1.52. The summed E-state index contributed by atoms with van der Waals surface area (Å²) in [5, 5.41) is 6.14. The first-order valence-corrected chi connectivity index (χ1v) is 7.61. The number of nitrogens with zero attached hydrogens (tertiary/aromatic N) is 1. The Bertz CT molecular complexity index is 836. The van der Waals surface area contributed by atoms with Gasteiger partial charge in [0.2, 0.25) is 5.91 Å². The summed E-state index contributed by atoms with van der Waals surface area (Å²) in [6, 6.07) is 9.25. The van der Waals surface area contributed by atoms with Gasteiger partial charge in [0.15, 0.2) is 0 Å². The summed E-state index contributed by atoms with van der Waals surface area (Å²) in [6.07, 6.45) is -0.167. The number of carbonyl (C=O) groups is 2. The second-order valence-electron chi connectivity index (χ2n) is 5.37. The number of anilines is 1. The topological polar surface area (TPSA) is 79.8 Å². The molecule has 0 saturated heterocycles. The predicted octanol–water partition coefficient (Wildman–Crippen LogP) is 3.11. The molecule has 0 aromatic heterocycles. The van der Waals surface area contributed by atoms with E-state index in [2.05, 4.69) is 15.8 Å². The predicted molar refractivity (Wildman–Crippen MR) is 93.2 cm³/mol. The van der Waals surface area contributed by atoms with Crippen molar-refractivity contribution in [3.05, 3.63) is 59.7 Å². The highest BCUT2D eigenvalue weighted by atomic mass is 19.1. The minimum atomic E-state index is -0.874. The lowest BCUT2D eigenvalue weighted by Crippen LogP contribution is -2.21. The number of halogens is 2. The van der Waals surface area contributed by atoms with Crippen LogP contribution in [0.3, 0.4) is 0 Å². The molecular formula is C18H17F2N3O3. The lowest BCUT2D eigenvalue weighted by molar-refractivity contribution is -0.115. The Morgan fingerprint density at radius 1 is 1.12 bits per heavy atom. The lowest BCUT2D eigenvalue weighted by Gasteiger charge is -2.07. The van der Waals surface area contributed by atoms with E-state index in [9.17, 15) is 18.4 Å². The number of hydrazone groups is 1. The maximum Gasteiger partial charge on any atom is 0.271 e. The molecule has 0 fully saturated rings. The third-order valence-electron chi connectivity index (χ3n) is 3.32. The first kappa shape index (κ1) is 19.0. The van der Waals surface area contributed by atoms with E-state index in [-0.39, 0.29) is 12.1 Å². The molecule has 0 heterocycles. The van der Waals surface area contributed by atoms with Crippen LogP contribution in [0.15, 0.2) is 47.6 Å². The van der Waals surface area contributed by atoms with E-state index in [1.807, 2.05) is 0 Å². The van der Waals surface area contributed by atoms with Crippen molar-refractivity contribution >= 4 is 23.2 Å². The van der Waals surface area contributed by atoms with Crippen LogP contribution in [0.2, 0.25) is 0 Å². The SMILES string of the molecule is COc1ccc(C(=O)N/N=C(/C)CC(=O)Nc2ccc(F)cc2F)cc1. The molecule has 0 radical (unpaired) electrons. The number of nitrogens with one attached hydrogen (secondary N) is 2. The Hall–Kier alpha value is -3.29. The summed E-state index contributed by atoms with van der Waals surface area (Å²) in [5.41, 5.74) is 2.88. The molecule has 0 unspecified atom stereocenters. The number of amides is 2. The van der Waals surface area contributed by atoms with Gasteiger partial charge in [-0.2, -0.15) is 5.10 Å². The maximum atomic E-state index is 13.5. The number of benzene rings is 2. The smallest absolute Gasteiger partial charge is 0.271 e. The molecule has 0 atom stereocenters. The van der Waals surface area contributed by atoms with Gasteiger partial charge < -0.3 is 10.1 Å². The first-order chi connectivity index (χ1) is 12.4. The van der Waals surface area contributed by atoms with Gasteiger partial charge in [0.1, 0.15) is 17.4 Å². The fraction of sp³-hybridized carbons (Fsp3) is 0.167. The van der Waals surface area contributed by atoms with Crippen molar-refractivity contribution in [3.63, 3.8) is 0 Å². The second-order valence-corrected chi connectivity index (χ2v) is 5.37. The van der Waals surface area contributed by atoms with E-state index in [4.69, 9.17) is 4.74 Å². The van der Waals surface area contributed by atoms with E-state index in [1.165, 1.54) is 14.0 Å². The van der Waals surface area contributed by atoms with Crippen LogP contribution in [0, 0.1) is 11.6 Å². The largest absolute Gasteiger partial charge is 0.497 e. The molecule has 136 valence electrons. The number of methoxy groups -OCH3 is 1. The fourth-order valence-corrected chi connectivity index (χ4v) is 2.01. The quantitative estimate of drug-likeness (QED) is 0.613. The van der Waals surface area contributed by atoms with Gasteiger partial charge in [-0.15, -0.1) is 0 Å². The molecule has 0 aliphatic rings. The molecule has 8 heteroatoms. The standard InChI is InChI=1S/C18H17F2N3O3/c1-11(9-17(24)21-16-8-5-13(19)10-15(16)20)22-23-18(25)12-3-6-14(26-2)7-4-12/h3-8,10H,9H2,1-2H3,(H,21,24)(H,23,25)/b22-11-. The van der Waals surface area contributed by atoms with Gasteiger partial charge in [-0.25, -0.2) is 14.2 Å². The summed E-state index contributed by atoms with van der Waals surface area (Å²) in [4.78, 5) is 23.8. The normalized spacial score (nSPS) is 11.0. The molecule has 26 heavy (non-hydrogen) atoms. The molecule has 0 spiro atoms. The number of carbonyl (C=O) groups excluding carboxylic acids is 2. The zero-order valence-corrected chi connectivity index (χ0v) is 14.2. The van der Waals surface area contributed by atoms with Crippen LogP contribution in [0.5, 0.6) is 5.75 Å². The van der Waals surface area contributed by atoms with Crippen molar-refractivity contribution in [1.82, 2.24) is 5.43 Å². The van der Waals surface area contributed by atoms with E-state index >= 15 is 0 Å². The van der Waals surface area contributed by atoms with Gasteiger partial charge >= 0.3 is 0 Å². The molecule has 2 rings (SSSR count). The van der Waals surface area contributed by atoms with Crippen LogP contribution < -0.4 is 15.5 Å². The van der Waals surface area contributed by atoms with Crippen LogP contribution >= 0.6 is 0 Å². The molecule has 0 bridgehead atoms. The number of ether oxygens (including phenoxy) is 1. The average Bonchev–Trinajstić information content (AvgIpc) is 2.62. The minimum Gasteiger partial charge on any atom is -0.497 e. The van der Waals surface area contributed by atoms with Gasteiger partial charge in [-0.3, -0.25) is 9.59 Å². The second kappa shape index (κ2) is 8.70. The van der Waals surface area contributed by atoms with Gasteiger partial charge in [0.05, 0.1) is 19.2 Å². The third kappa shape index (κ3) is 5.37. The molecule has 0 aliphatic carbocycles. The summed E-state index contributed by atoms with van der Waals surface area (Å²) in [6.45, 7) is 1.54. The minimum absolute atomic E-state index is 0.133. The zero-order valence-electron chi connectivity index (χ0n) is 14.2. The molecular weight excluding hydrogens is 344 g/mol. The number of hydrogen-bond donors (Lipinski definition) is 2. The third-order valence-corrected chi connectivity index (χ3v) is 3.32. The van der Waals surface area contributed by atoms with E-state index in [0.29, 0.717) is 23.1 Å².